The number of carbonyl (C=O) groups is 1. The summed E-state index contributed by atoms with van der Waals surface area (Å²) in [6.45, 7) is 1.78. The highest BCUT2D eigenvalue weighted by Crippen LogP contribution is 2.28. The Morgan fingerprint density at radius 1 is 1.30 bits per heavy atom. The van der Waals surface area contributed by atoms with Gasteiger partial charge in [0.15, 0.2) is 0 Å². The lowest BCUT2D eigenvalue weighted by molar-refractivity contribution is -0.115. The molecule has 3 N–H and O–H groups in total. The molecule has 3 aromatic rings. The number of imidazole rings is 1. The Morgan fingerprint density at radius 3 is 2.87 bits per heavy atom. The van der Waals surface area contributed by atoms with Gasteiger partial charge < -0.3 is 15.3 Å². The molecule has 0 fully saturated rings. The van der Waals surface area contributed by atoms with Gasteiger partial charge in [-0.3, -0.25) is 4.79 Å². The lowest BCUT2D eigenvalue weighted by Gasteiger charge is -2.12. The molecule has 0 saturated carbocycles. The largest absolute Gasteiger partial charge is 0.325 e. The summed E-state index contributed by atoms with van der Waals surface area (Å²) in [6.07, 6.45) is 1.63. The van der Waals surface area contributed by atoms with Crippen molar-refractivity contribution in [2.45, 2.75) is 17.2 Å². The quantitative estimate of drug-likeness (QED) is 0.632. The summed E-state index contributed by atoms with van der Waals surface area (Å²) in [4.78, 5) is 33.0. The first-order valence-corrected chi connectivity index (χ1v) is 8.09. The fourth-order valence-electron chi connectivity index (χ4n) is 2.03. The third kappa shape index (κ3) is 3.57. The lowest BCUT2D eigenvalue weighted by Crippen LogP contribution is -2.22. The van der Waals surface area contributed by atoms with Crippen LogP contribution in [0.3, 0.4) is 0 Å². The van der Waals surface area contributed by atoms with Crippen LogP contribution in [-0.4, -0.2) is 26.1 Å². The van der Waals surface area contributed by atoms with Crippen molar-refractivity contribution >= 4 is 46.0 Å². The third-order valence-electron chi connectivity index (χ3n) is 3.17. The van der Waals surface area contributed by atoms with Gasteiger partial charge in [-0.25, -0.2) is 9.78 Å². The summed E-state index contributed by atoms with van der Waals surface area (Å²) in [5.74, 6) is -0.172. The molecule has 0 aliphatic carbocycles. The number of pyridine rings is 1. The maximum Gasteiger partial charge on any atom is 0.323 e. The van der Waals surface area contributed by atoms with Crippen LogP contribution < -0.4 is 11.0 Å². The fraction of sp³-hybridized carbons (Fsp3) is 0.133. The predicted octanol–water partition coefficient (Wildman–Crippen LogP) is 3.02. The minimum Gasteiger partial charge on any atom is -0.325 e. The van der Waals surface area contributed by atoms with Gasteiger partial charge in [0, 0.05) is 11.9 Å². The molecule has 118 valence electrons. The van der Waals surface area contributed by atoms with E-state index in [-0.39, 0.29) is 16.8 Å². The van der Waals surface area contributed by atoms with Crippen molar-refractivity contribution in [1.82, 2.24) is 15.0 Å². The molecule has 1 atom stereocenters. The van der Waals surface area contributed by atoms with Crippen LogP contribution in [0, 0.1) is 0 Å². The summed E-state index contributed by atoms with van der Waals surface area (Å²) in [5, 5.41) is 3.57. The van der Waals surface area contributed by atoms with E-state index in [1.54, 1.807) is 43.5 Å². The summed E-state index contributed by atoms with van der Waals surface area (Å²) in [6, 6.07) is 8.64. The molecule has 23 heavy (non-hydrogen) atoms. The van der Waals surface area contributed by atoms with Crippen LogP contribution in [0.4, 0.5) is 5.69 Å². The second kappa shape index (κ2) is 6.47. The molecule has 0 spiro atoms. The monoisotopic (exact) mass is 348 g/mol. The number of fused-ring (bicyclic) bond motifs is 1. The SMILES string of the molecule is C[C@@H](Sc1ncccc1Cl)C(=O)Nc1ccc2[nH]c(=O)[nH]c2c1. The van der Waals surface area contributed by atoms with Gasteiger partial charge in [-0.2, -0.15) is 0 Å². The molecular formula is C15H13ClN4O2S. The molecule has 2 heterocycles. The highest BCUT2D eigenvalue weighted by atomic mass is 35.5. The van der Waals surface area contributed by atoms with Crippen LogP contribution >= 0.6 is 23.4 Å². The Balaban J connectivity index is 1.72. The minimum atomic E-state index is -0.372. The predicted molar refractivity (Wildman–Crippen MR) is 92.1 cm³/mol. The van der Waals surface area contributed by atoms with Crippen molar-refractivity contribution in [3.63, 3.8) is 0 Å². The molecule has 0 bridgehead atoms. The van der Waals surface area contributed by atoms with Gasteiger partial charge in [-0.05, 0) is 37.3 Å². The van der Waals surface area contributed by atoms with Crippen LogP contribution in [0.25, 0.3) is 11.0 Å². The molecule has 0 aliphatic heterocycles. The van der Waals surface area contributed by atoms with Crippen LogP contribution in [0.2, 0.25) is 5.02 Å². The summed E-state index contributed by atoms with van der Waals surface area (Å²) < 4.78 is 0. The van der Waals surface area contributed by atoms with E-state index in [2.05, 4.69) is 20.3 Å². The Hall–Kier alpha value is -2.25. The Kier molecular flexibility index (Phi) is 4.40. The average Bonchev–Trinajstić information content (AvgIpc) is 2.88. The van der Waals surface area contributed by atoms with Crippen molar-refractivity contribution in [2.75, 3.05) is 5.32 Å². The zero-order valence-corrected chi connectivity index (χ0v) is 13.7. The van der Waals surface area contributed by atoms with E-state index >= 15 is 0 Å². The molecule has 0 saturated heterocycles. The molecule has 1 aromatic carbocycles. The second-order valence-corrected chi connectivity index (χ2v) is 6.62. The molecule has 1 amide bonds. The van der Waals surface area contributed by atoms with E-state index in [4.69, 9.17) is 11.6 Å². The fourth-order valence-corrected chi connectivity index (χ4v) is 3.09. The molecule has 2 aromatic heterocycles. The van der Waals surface area contributed by atoms with E-state index in [1.807, 2.05) is 0 Å². The highest BCUT2D eigenvalue weighted by Gasteiger charge is 2.17. The third-order valence-corrected chi connectivity index (χ3v) is 4.70. The number of nitrogens with one attached hydrogen (secondary N) is 3. The van der Waals surface area contributed by atoms with E-state index in [9.17, 15) is 9.59 Å². The molecule has 0 aliphatic rings. The number of H-pyrrole nitrogens is 2. The summed E-state index contributed by atoms with van der Waals surface area (Å²) in [5.41, 5.74) is 1.66. The topological polar surface area (TPSA) is 90.6 Å². The maximum absolute atomic E-state index is 12.3. The number of amides is 1. The first kappa shape index (κ1) is 15.6. The molecule has 3 rings (SSSR count). The molecular weight excluding hydrogens is 336 g/mol. The van der Waals surface area contributed by atoms with Crippen molar-refractivity contribution in [3.05, 3.63) is 52.0 Å². The molecule has 6 nitrogen and oxygen atoms in total. The number of aromatic nitrogens is 3. The van der Waals surface area contributed by atoms with Gasteiger partial charge in [0.25, 0.3) is 0 Å². The number of carbonyl (C=O) groups excluding carboxylic acids is 1. The number of rotatable bonds is 4. The number of thioether (sulfide) groups is 1. The van der Waals surface area contributed by atoms with E-state index in [1.165, 1.54) is 11.8 Å². The van der Waals surface area contributed by atoms with Crippen molar-refractivity contribution < 1.29 is 4.79 Å². The standard InChI is InChI=1S/C15H13ClN4O2S/c1-8(23-14-10(16)3-2-6-17-14)13(21)18-9-4-5-11-12(7-9)20-15(22)19-11/h2-8H,1H3,(H,18,21)(H2,19,20,22)/t8-/m1/s1. The van der Waals surface area contributed by atoms with Gasteiger partial charge in [-0.15, -0.1) is 0 Å². The number of hydrogen-bond donors (Lipinski definition) is 3. The molecule has 0 radical (unpaired) electrons. The Bertz CT molecular complexity index is 921. The second-order valence-electron chi connectivity index (χ2n) is 4.88. The first-order valence-electron chi connectivity index (χ1n) is 6.83. The van der Waals surface area contributed by atoms with Gasteiger partial charge in [-0.1, -0.05) is 23.4 Å². The average molecular weight is 349 g/mol. The van der Waals surface area contributed by atoms with E-state index in [0.717, 1.165) is 0 Å². The molecule has 8 heteroatoms. The van der Waals surface area contributed by atoms with Crippen molar-refractivity contribution in [1.29, 1.82) is 0 Å². The number of anilines is 1. The Morgan fingerprint density at radius 2 is 2.09 bits per heavy atom. The van der Waals surface area contributed by atoms with Crippen molar-refractivity contribution in [2.24, 2.45) is 0 Å². The highest BCUT2D eigenvalue weighted by molar-refractivity contribution is 8.00. The number of benzene rings is 1. The van der Waals surface area contributed by atoms with Crippen LogP contribution in [0.15, 0.2) is 46.3 Å². The minimum absolute atomic E-state index is 0.172. The lowest BCUT2D eigenvalue weighted by atomic mass is 10.2. The first-order chi connectivity index (χ1) is 11.0. The summed E-state index contributed by atoms with van der Waals surface area (Å²) >= 11 is 7.33. The van der Waals surface area contributed by atoms with Gasteiger partial charge in [0.1, 0.15) is 5.03 Å². The van der Waals surface area contributed by atoms with E-state index < -0.39 is 0 Å². The van der Waals surface area contributed by atoms with Gasteiger partial charge in [0.2, 0.25) is 5.91 Å². The maximum atomic E-state index is 12.3. The molecule has 0 unspecified atom stereocenters. The summed E-state index contributed by atoms with van der Waals surface area (Å²) in [7, 11) is 0. The zero-order valence-electron chi connectivity index (χ0n) is 12.1. The van der Waals surface area contributed by atoms with Crippen LogP contribution in [0.1, 0.15) is 6.92 Å². The van der Waals surface area contributed by atoms with Crippen LogP contribution in [0.5, 0.6) is 0 Å². The zero-order chi connectivity index (χ0) is 16.4. The number of halogens is 1. The van der Waals surface area contributed by atoms with Gasteiger partial charge in [0.05, 0.1) is 21.3 Å². The van der Waals surface area contributed by atoms with E-state index in [0.29, 0.717) is 26.8 Å². The number of aromatic amines is 2. The van der Waals surface area contributed by atoms with Crippen molar-refractivity contribution in [3.8, 4) is 0 Å². The van der Waals surface area contributed by atoms with Gasteiger partial charge >= 0.3 is 5.69 Å². The number of hydrogen-bond acceptors (Lipinski definition) is 4. The van der Waals surface area contributed by atoms with Crippen LogP contribution in [-0.2, 0) is 4.79 Å². The Labute approximate surface area is 140 Å². The number of nitrogens with zero attached hydrogens (tertiary/aromatic N) is 1. The normalized spacial score (nSPS) is 12.3. The smallest absolute Gasteiger partial charge is 0.323 e.